The summed E-state index contributed by atoms with van der Waals surface area (Å²) in [5.41, 5.74) is 5.51. The first-order chi connectivity index (χ1) is 7.07. The molecular weight excluding hydrogens is 198 g/mol. The van der Waals surface area contributed by atoms with E-state index >= 15 is 0 Å². The van der Waals surface area contributed by atoms with Gasteiger partial charge in [0.1, 0.15) is 6.04 Å². The Kier molecular flexibility index (Phi) is 4.05. The van der Waals surface area contributed by atoms with Gasteiger partial charge < -0.3 is 20.7 Å². The number of nitrogens with zero attached hydrogens (tertiary/aromatic N) is 1. The number of nitrogens with one attached hydrogen (secondary N) is 1. The Morgan fingerprint density at radius 1 is 1.60 bits per heavy atom. The Morgan fingerprint density at radius 3 is 2.80 bits per heavy atom. The lowest BCUT2D eigenvalue weighted by Crippen LogP contribution is -2.58. The number of rotatable bonds is 2. The van der Waals surface area contributed by atoms with E-state index in [-0.39, 0.29) is 18.4 Å². The average molecular weight is 215 g/mol. The van der Waals surface area contributed by atoms with Crippen LogP contribution in [-0.4, -0.2) is 55.6 Å². The number of hydrogen-bond acceptors (Lipinski definition) is 4. The largest absolute Gasteiger partial charge is 0.377 e. The maximum absolute atomic E-state index is 11.7. The van der Waals surface area contributed by atoms with Crippen LogP contribution in [0.1, 0.15) is 6.92 Å². The molecule has 0 spiro atoms. The second kappa shape index (κ2) is 5.09. The summed E-state index contributed by atoms with van der Waals surface area (Å²) in [5.74, 6) is -0.435. The number of amides is 2. The minimum absolute atomic E-state index is 0.216. The second-order valence-corrected chi connectivity index (χ2v) is 3.53. The molecule has 0 aromatic rings. The second-order valence-electron chi connectivity index (χ2n) is 3.53. The van der Waals surface area contributed by atoms with Gasteiger partial charge in [-0.15, -0.1) is 0 Å². The monoisotopic (exact) mass is 215 g/mol. The van der Waals surface area contributed by atoms with E-state index in [2.05, 4.69) is 5.32 Å². The molecule has 1 saturated heterocycles. The predicted octanol–water partition coefficient (Wildman–Crippen LogP) is -1.69. The number of likely N-dealkylation sites (N-methyl/N-ethyl adjacent to an activating group) is 1. The molecule has 2 atom stereocenters. The Morgan fingerprint density at radius 2 is 2.27 bits per heavy atom. The highest BCUT2D eigenvalue weighted by Crippen LogP contribution is 2.08. The quantitative estimate of drug-likeness (QED) is 0.575. The van der Waals surface area contributed by atoms with Gasteiger partial charge in [-0.25, -0.2) is 0 Å². The van der Waals surface area contributed by atoms with Gasteiger partial charge in [0.25, 0.3) is 0 Å². The van der Waals surface area contributed by atoms with Gasteiger partial charge >= 0.3 is 0 Å². The van der Waals surface area contributed by atoms with Crippen LogP contribution in [0.15, 0.2) is 0 Å². The maximum atomic E-state index is 11.7. The van der Waals surface area contributed by atoms with E-state index in [1.165, 1.54) is 11.9 Å². The SMILES string of the molecule is CNC(=O)C1COCCN1C(=O)[C@H](C)N. The lowest BCUT2D eigenvalue weighted by molar-refractivity contribution is -0.148. The lowest BCUT2D eigenvalue weighted by Gasteiger charge is -2.35. The third kappa shape index (κ3) is 2.66. The van der Waals surface area contributed by atoms with E-state index in [1.54, 1.807) is 6.92 Å². The fourth-order valence-corrected chi connectivity index (χ4v) is 1.51. The standard InChI is InChI=1S/C9H17N3O3/c1-6(10)9(14)12-3-4-15-5-7(12)8(13)11-2/h6-7H,3-5,10H2,1-2H3,(H,11,13)/t6-,7?/m0/s1. The summed E-state index contributed by atoms with van der Waals surface area (Å²) in [6, 6.07) is -1.14. The van der Waals surface area contributed by atoms with Gasteiger partial charge in [-0.2, -0.15) is 0 Å². The minimum atomic E-state index is -0.588. The molecule has 0 aromatic heterocycles. The molecule has 2 amide bonds. The van der Waals surface area contributed by atoms with E-state index in [9.17, 15) is 9.59 Å². The molecule has 1 aliphatic rings. The molecule has 1 fully saturated rings. The first kappa shape index (κ1) is 11.9. The smallest absolute Gasteiger partial charge is 0.244 e. The Labute approximate surface area is 88.7 Å². The summed E-state index contributed by atoms with van der Waals surface area (Å²) in [6.45, 7) is 2.71. The summed E-state index contributed by atoms with van der Waals surface area (Å²) in [6.07, 6.45) is 0. The van der Waals surface area contributed by atoms with Gasteiger partial charge in [0.2, 0.25) is 11.8 Å². The zero-order valence-electron chi connectivity index (χ0n) is 9.03. The van der Waals surface area contributed by atoms with Crippen LogP contribution >= 0.6 is 0 Å². The van der Waals surface area contributed by atoms with E-state index in [0.717, 1.165) is 0 Å². The van der Waals surface area contributed by atoms with Crippen molar-refractivity contribution in [2.24, 2.45) is 5.73 Å². The Hall–Kier alpha value is -1.14. The van der Waals surface area contributed by atoms with Crippen molar-refractivity contribution in [3.05, 3.63) is 0 Å². The fraction of sp³-hybridized carbons (Fsp3) is 0.778. The van der Waals surface area contributed by atoms with Gasteiger partial charge in [0.05, 0.1) is 19.3 Å². The number of hydrogen-bond donors (Lipinski definition) is 2. The predicted molar refractivity (Wildman–Crippen MR) is 54.0 cm³/mol. The molecule has 0 bridgehead atoms. The summed E-state index contributed by atoms with van der Waals surface area (Å²) >= 11 is 0. The van der Waals surface area contributed by atoms with Crippen molar-refractivity contribution in [3.8, 4) is 0 Å². The summed E-state index contributed by atoms with van der Waals surface area (Å²) in [7, 11) is 1.53. The van der Waals surface area contributed by atoms with Crippen LogP contribution in [0.2, 0.25) is 0 Å². The number of nitrogens with two attached hydrogens (primary N) is 1. The molecule has 0 radical (unpaired) electrons. The number of carbonyl (C=O) groups is 2. The molecule has 0 saturated carbocycles. The molecule has 86 valence electrons. The number of morpholine rings is 1. The molecule has 3 N–H and O–H groups in total. The zero-order chi connectivity index (χ0) is 11.4. The van der Waals surface area contributed by atoms with Gasteiger partial charge in [-0.05, 0) is 6.92 Å². The highest BCUT2D eigenvalue weighted by molar-refractivity contribution is 5.89. The first-order valence-electron chi connectivity index (χ1n) is 4.93. The van der Waals surface area contributed by atoms with Crippen LogP contribution in [0.25, 0.3) is 0 Å². The first-order valence-corrected chi connectivity index (χ1v) is 4.93. The molecule has 0 aromatic carbocycles. The van der Waals surface area contributed by atoms with E-state index < -0.39 is 12.1 Å². The van der Waals surface area contributed by atoms with Gasteiger partial charge in [0.15, 0.2) is 0 Å². The molecule has 0 aliphatic carbocycles. The summed E-state index contributed by atoms with van der Waals surface area (Å²) in [5, 5.41) is 2.50. The molecule has 1 rings (SSSR count). The molecule has 6 nitrogen and oxygen atoms in total. The highest BCUT2D eigenvalue weighted by Gasteiger charge is 2.33. The normalized spacial score (nSPS) is 23.4. The van der Waals surface area contributed by atoms with Crippen LogP contribution in [0.5, 0.6) is 0 Å². The van der Waals surface area contributed by atoms with Gasteiger partial charge in [-0.1, -0.05) is 0 Å². The van der Waals surface area contributed by atoms with Crippen LogP contribution in [-0.2, 0) is 14.3 Å². The van der Waals surface area contributed by atoms with E-state index in [0.29, 0.717) is 13.2 Å². The van der Waals surface area contributed by atoms with Crippen LogP contribution in [0.3, 0.4) is 0 Å². The molecule has 6 heteroatoms. The van der Waals surface area contributed by atoms with E-state index in [1.807, 2.05) is 0 Å². The molecular formula is C9H17N3O3. The van der Waals surface area contributed by atoms with Crippen molar-refractivity contribution in [2.45, 2.75) is 19.0 Å². The topological polar surface area (TPSA) is 84.7 Å². The van der Waals surface area contributed by atoms with E-state index in [4.69, 9.17) is 10.5 Å². The molecule has 1 heterocycles. The highest BCUT2D eigenvalue weighted by atomic mass is 16.5. The van der Waals surface area contributed by atoms with Crippen molar-refractivity contribution in [3.63, 3.8) is 0 Å². The third-order valence-corrected chi connectivity index (χ3v) is 2.35. The number of carbonyl (C=O) groups excluding carboxylic acids is 2. The molecule has 1 aliphatic heterocycles. The van der Waals surface area contributed by atoms with Crippen LogP contribution in [0.4, 0.5) is 0 Å². The van der Waals surface area contributed by atoms with Crippen LogP contribution in [0, 0.1) is 0 Å². The van der Waals surface area contributed by atoms with Crippen molar-refractivity contribution < 1.29 is 14.3 Å². The molecule has 1 unspecified atom stereocenters. The van der Waals surface area contributed by atoms with Crippen molar-refractivity contribution >= 4 is 11.8 Å². The third-order valence-electron chi connectivity index (χ3n) is 2.35. The van der Waals surface area contributed by atoms with Gasteiger partial charge in [-0.3, -0.25) is 9.59 Å². The van der Waals surface area contributed by atoms with Crippen molar-refractivity contribution in [2.75, 3.05) is 26.8 Å². The van der Waals surface area contributed by atoms with Crippen LogP contribution < -0.4 is 11.1 Å². The summed E-state index contributed by atoms with van der Waals surface area (Å²) < 4.78 is 5.17. The number of ether oxygens (including phenoxy) is 1. The summed E-state index contributed by atoms with van der Waals surface area (Å²) in [4.78, 5) is 24.7. The average Bonchev–Trinajstić information content (AvgIpc) is 2.27. The minimum Gasteiger partial charge on any atom is -0.377 e. The maximum Gasteiger partial charge on any atom is 0.244 e. The Balaban J connectivity index is 2.73. The lowest BCUT2D eigenvalue weighted by atomic mass is 10.1. The zero-order valence-corrected chi connectivity index (χ0v) is 9.03. The molecule has 15 heavy (non-hydrogen) atoms. The fourth-order valence-electron chi connectivity index (χ4n) is 1.51. The van der Waals surface area contributed by atoms with Crippen molar-refractivity contribution in [1.29, 1.82) is 0 Å². The van der Waals surface area contributed by atoms with Crippen molar-refractivity contribution in [1.82, 2.24) is 10.2 Å². The Bertz CT molecular complexity index is 255. The van der Waals surface area contributed by atoms with Gasteiger partial charge in [0, 0.05) is 13.6 Å².